The van der Waals surface area contributed by atoms with Crippen LogP contribution in [0, 0.1) is 11.6 Å². The molecule has 1 N–H and O–H groups in total. The first-order valence-electron chi connectivity index (χ1n) is 8.25. The lowest BCUT2D eigenvalue weighted by Gasteiger charge is -2.13. The summed E-state index contributed by atoms with van der Waals surface area (Å²) in [6.07, 6.45) is 3.17. The zero-order chi connectivity index (χ0) is 19.1. The minimum atomic E-state index is -0.636. The molecule has 0 saturated heterocycles. The number of nitrogens with zero attached hydrogens (tertiary/aromatic N) is 3. The first-order chi connectivity index (χ1) is 13.2. The van der Waals surface area contributed by atoms with Gasteiger partial charge in [0.15, 0.2) is 17.4 Å². The van der Waals surface area contributed by atoms with E-state index in [0.717, 1.165) is 6.07 Å². The van der Waals surface area contributed by atoms with Gasteiger partial charge in [0, 0.05) is 31.5 Å². The fraction of sp³-hybridized carbons (Fsp3) is 0.211. The van der Waals surface area contributed by atoms with Gasteiger partial charge in [0.2, 0.25) is 0 Å². The van der Waals surface area contributed by atoms with Gasteiger partial charge in [0.25, 0.3) is 0 Å². The molecule has 0 bridgehead atoms. The molecule has 0 fully saturated rings. The maximum atomic E-state index is 13.9. The molecule has 3 aromatic rings. The Bertz CT molecular complexity index is 894. The number of halogens is 2. The Morgan fingerprint density at radius 1 is 1.07 bits per heavy atom. The highest BCUT2D eigenvalue weighted by molar-refractivity contribution is 5.57. The largest absolute Gasteiger partial charge is 0.486 e. The fourth-order valence-electron chi connectivity index (χ4n) is 2.30. The van der Waals surface area contributed by atoms with Crippen molar-refractivity contribution in [1.29, 1.82) is 0 Å². The van der Waals surface area contributed by atoms with Crippen LogP contribution in [-0.4, -0.2) is 35.3 Å². The number of anilines is 1. The lowest BCUT2D eigenvalue weighted by molar-refractivity contribution is 0.146. The minimum Gasteiger partial charge on any atom is -0.486 e. The highest BCUT2D eigenvalue weighted by Crippen LogP contribution is 2.25. The smallest absolute Gasteiger partial charge is 0.180 e. The average Bonchev–Trinajstić information content (AvgIpc) is 2.69. The van der Waals surface area contributed by atoms with Crippen LogP contribution in [0.5, 0.6) is 5.75 Å². The van der Waals surface area contributed by atoms with Crippen LogP contribution in [0.25, 0.3) is 11.5 Å². The number of rotatable bonds is 8. The predicted octanol–water partition coefficient (Wildman–Crippen LogP) is 3.45. The van der Waals surface area contributed by atoms with Crippen molar-refractivity contribution in [3.8, 4) is 17.3 Å². The summed E-state index contributed by atoms with van der Waals surface area (Å²) in [6.45, 7) is 0.807. The van der Waals surface area contributed by atoms with Gasteiger partial charge in [-0.25, -0.2) is 18.7 Å². The summed E-state index contributed by atoms with van der Waals surface area (Å²) in [5.74, 6) is -0.0841. The van der Waals surface area contributed by atoms with E-state index in [2.05, 4.69) is 20.3 Å². The van der Waals surface area contributed by atoms with E-state index in [1.807, 2.05) is 6.07 Å². The number of aromatic nitrogens is 3. The summed E-state index contributed by atoms with van der Waals surface area (Å²) in [5.41, 5.74) is 0.897. The Morgan fingerprint density at radius 2 is 1.96 bits per heavy atom. The summed E-state index contributed by atoms with van der Waals surface area (Å²) in [7, 11) is 1.57. The van der Waals surface area contributed by atoms with E-state index in [0.29, 0.717) is 41.9 Å². The van der Waals surface area contributed by atoms with E-state index in [1.165, 1.54) is 18.3 Å². The molecule has 1 aromatic carbocycles. The molecule has 2 aromatic heterocycles. The Balaban J connectivity index is 1.84. The third-order valence-electron chi connectivity index (χ3n) is 3.66. The van der Waals surface area contributed by atoms with Crippen molar-refractivity contribution in [3.05, 3.63) is 66.0 Å². The fourth-order valence-corrected chi connectivity index (χ4v) is 2.30. The standard InChI is InChI=1S/C19H18F2N4O2/c1-26-8-9-27-17-12-24-18(16-4-2-3-7-22-16)25-19(17)23-11-13-5-6-14(20)10-15(13)21/h2-7,10,12H,8-9,11H2,1H3,(H,23,24,25). The van der Waals surface area contributed by atoms with E-state index in [4.69, 9.17) is 9.47 Å². The molecule has 0 spiro atoms. The van der Waals surface area contributed by atoms with E-state index < -0.39 is 11.6 Å². The summed E-state index contributed by atoms with van der Waals surface area (Å²) in [6, 6.07) is 8.83. The van der Waals surface area contributed by atoms with Gasteiger partial charge < -0.3 is 14.8 Å². The van der Waals surface area contributed by atoms with E-state index in [1.54, 1.807) is 25.4 Å². The van der Waals surface area contributed by atoms with E-state index in [9.17, 15) is 8.78 Å². The van der Waals surface area contributed by atoms with Crippen LogP contribution < -0.4 is 10.1 Å². The Hall–Kier alpha value is -3.13. The monoisotopic (exact) mass is 372 g/mol. The molecule has 3 rings (SSSR count). The SMILES string of the molecule is COCCOc1cnc(-c2ccccn2)nc1NCc1ccc(F)cc1F. The summed E-state index contributed by atoms with van der Waals surface area (Å²) >= 11 is 0. The molecule has 0 radical (unpaired) electrons. The molecule has 8 heteroatoms. The van der Waals surface area contributed by atoms with Crippen molar-refractivity contribution in [2.45, 2.75) is 6.54 Å². The molecule has 0 atom stereocenters. The third kappa shape index (κ3) is 4.95. The predicted molar refractivity (Wildman–Crippen MR) is 96.3 cm³/mol. The highest BCUT2D eigenvalue weighted by atomic mass is 19.1. The van der Waals surface area contributed by atoms with Gasteiger partial charge in [0.05, 0.1) is 12.8 Å². The lowest BCUT2D eigenvalue weighted by atomic mass is 10.2. The van der Waals surface area contributed by atoms with Crippen molar-refractivity contribution in [2.75, 3.05) is 25.6 Å². The van der Waals surface area contributed by atoms with Crippen LogP contribution in [0.1, 0.15) is 5.56 Å². The molecule has 6 nitrogen and oxygen atoms in total. The second-order valence-corrected chi connectivity index (χ2v) is 5.55. The number of methoxy groups -OCH3 is 1. The second-order valence-electron chi connectivity index (χ2n) is 5.55. The zero-order valence-corrected chi connectivity index (χ0v) is 14.7. The maximum Gasteiger partial charge on any atom is 0.180 e. The summed E-state index contributed by atoms with van der Waals surface area (Å²) < 4.78 is 37.5. The molecule has 27 heavy (non-hydrogen) atoms. The van der Waals surface area contributed by atoms with Crippen molar-refractivity contribution in [2.24, 2.45) is 0 Å². The average molecular weight is 372 g/mol. The first kappa shape index (κ1) is 18.7. The Labute approximate surface area is 155 Å². The van der Waals surface area contributed by atoms with Gasteiger partial charge in [0.1, 0.15) is 23.9 Å². The zero-order valence-electron chi connectivity index (χ0n) is 14.7. The molecule has 0 aliphatic carbocycles. The van der Waals surface area contributed by atoms with Crippen molar-refractivity contribution < 1.29 is 18.3 Å². The summed E-state index contributed by atoms with van der Waals surface area (Å²) in [4.78, 5) is 12.9. The summed E-state index contributed by atoms with van der Waals surface area (Å²) in [5, 5.41) is 3.02. The molecular weight excluding hydrogens is 354 g/mol. The second kappa shape index (κ2) is 9.00. The number of hydrogen-bond acceptors (Lipinski definition) is 6. The number of pyridine rings is 1. The van der Waals surface area contributed by atoms with E-state index in [-0.39, 0.29) is 6.54 Å². The topological polar surface area (TPSA) is 69.2 Å². The van der Waals surface area contributed by atoms with Gasteiger partial charge in [-0.2, -0.15) is 0 Å². The number of benzene rings is 1. The highest BCUT2D eigenvalue weighted by Gasteiger charge is 2.12. The molecular formula is C19H18F2N4O2. The lowest BCUT2D eigenvalue weighted by Crippen LogP contribution is -2.10. The maximum absolute atomic E-state index is 13.9. The van der Waals surface area contributed by atoms with Crippen molar-refractivity contribution in [3.63, 3.8) is 0 Å². The van der Waals surface area contributed by atoms with Crippen molar-refractivity contribution >= 4 is 5.82 Å². The molecule has 2 heterocycles. The van der Waals surface area contributed by atoms with Gasteiger partial charge in [-0.15, -0.1) is 0 Å². The Morgan fingerprint density at radius 3 is 2.70 bits per heavy atom. The molecule has 0 aliphatic heterocycles. The van der Waals surface area contributed by atoms with Crippen LogP contribution in [-0.2, 0) is 11.3 Å². The van der Waals surface area contributed by atoms with Crippen molar-refractivity contribution in [1.82, 2.24) is 15.0 Å². The first-order valence-corrected chi connectivity index (χ1v) is 8.25. The van der Waals surface area contributed by atoms with Crippen LogP contribution in [0.15, 0.2) is 48.8 Å². The van der Waals surface area contributed by atoms with Gasteiger partial charge >= 0.3 is 0 Å². The normalized spacial score (nSPS) is 10.6. The van der Waals surface area contributed by atoms with Crippen LogP contribution in [0.4, 0.5) is 14.6 Å². The molecule has 0 saturated carbocycles. The minimum absolute atomic E-state index is 0.103. The van der Waals surface area contributed by atoms with Gasteiger partial charge in [-0.05, 0) is 18.2 Å². The van der Waals surface area contributed by atoms with E-state index >= 15 is 0 Å². The van der Waals surface area contributed by atoms with Crippen LogP contribution >= 0.6 is 0 Å². The number of ether oxygens (including phenoxy) is 2. The Kier molecular flexibility index (Phi) is 6.22. The number of nitrogens with one attached hydrogen (secondary N) is 1. The van der Waals surface area contributed by atoms with Gasteiger partial charge in [-0.3, -0.25) is 4.98 Å². The van der Waals surface area contributed by atoms with Crippen LogP contribution in [0.2, 0.25) is 0 Å². The third-order valence-corrected chi connectivity index (χ3v) is 3.66. The molecule has 0 unspecified atom stereocenters. The van der Waals surface area contributed by atoms with Crippen LogP contribution in [0.3, 0.4) is 0 Å². The molecule has 0 amide bonds. The quantitative estimate of drug-likeness (QED) is 0.611. The molecule has 0 aliphatic rings. The molecule has 140 valence electrons. The number of hydrogen-bond donors (Lipinski definition) is 1. The van der Waals surface area contributed by atoms with Gasteiger partial charge in [-0.1, -0.05) is 12.1 Å².